The lowest BCUT2D eigenvalue weighted by Crippen LogP contribution is -2.39. The molecule has 0 aromatic rings. The molecule has 2 aliphatic carbocycles. The highest BCUT2D eigenvalue weighted by molar-refractivity contribution is 5.78. The van der Waals surface area contributed by atoms with Gasteiger partial charge in [-0.3, -0.25) is 4.79 Å². The van der Waals surface area contributed by atoms with E-state index in [9.17, 15) is 4.79 Å². The summed E-state index contributed by atoms with van der Waals surface area (Å²) < 4.78 is 0. The van der Waals surface area contributed by atoms with E-state index in [0.29, 0.717) is 6.04 Å². The third-order valence-electron chi connectivity index (χ3n) is 3.93. The normalized spacial score (nSPS) is 31.7. The quantitative estimate of drug-likeness (QED) is 0.761. The highest BCUT2D eigenvalue weighted by Crippen LogP contribution is 2.43. The summed E-state index contributed by atoms with van der Waals surface area (Å²) in [6, 6.07) is 0.467. The zero-order valence-corrected chi connectivity index (χ0v) is 9.96. The molecule has 2 rings (SSSR count). The molecule has 2 saturated carbocycles. The van der Waals surface area contributed by atoms with E-state index in [0.717, 1.165) is 11.8 Å². The monoisotopic (exact) mass is 209 g/mol. The Hall–Kier alpha value is -0.530. The maximum atomic E-state index is 11.5. The molecule has 0 unspecified atom stereocenters. The molecule has 2 nitrogen and oxygen atoms in total. The van der Waals surface area contributed by atoms with Crippen LogP contribution in [0.25, 0.3) is 0 Å². The van der Waals surface area contributed by atoms with Gasteiger partial charge in [0.2, 0.25) is 5.91 Å². The van der Waals surface area contributed by atoms with Gasteiger partial charge in [-0.1, -0.05) is 13.8 Å². The van der Waals surface area contributed by atoms with Gasteiger partial charge in [-0.05, 0) is 50.4 Å². The third kappa shape index (κ3) is 2.96. The largest absolute Gasteiger partial charge is 0.353 e. The van der Waals surface area contributed by atoms with E-state index in [4.69, 9.17) is 0 Å². The second kappa shape index (κ2) is 4.54. The zero-order chi connectivity index (χ0) is 10.8. The van der Waals surface area contributed by atoms with Crippen molar-refractivity contribution < 1.29 is 4.79 Å². The van der Waals surface area contributed by atoms with Crippen LogP contribution >= 0.6 is 0 Å². The van der Waals surface area contributed by atoms with Gasteiger partial charge in [-0.2, -0.15) is 0 Å². The van der Waals surface area contributed by atoms with Crippen molar-refractivity contribution in [3.05, 3.63) is 0 Å². The predicted octanol–water partition coefficient (Wildman–Crippen LogP) is 2.73. The van der Waals surface area contributed by atoms with Crippen LogP contribution in [0.5, 0.6) is 0 Å². The van der Waals surface area contributed by atoms with E-state index >= 15 is 0 Å². The first-order chi connectivity index (χ1) is 7.16. The van der Waals surface area contributed by atoms with Crippen molar-refractivity contribution in [2.24, 2.45) is 17.8 Å². The van der Waals surface area contributed by atoms with Crippen LogP contribution in [-0.4, -0.2) is 11.9 Å². The van der Waals surface area contributed by atoms with E-state index in [1.54, 1.807) is 0 Å². The van der Waals surface area contributed by atoms with Gasteiger partial charge in [-0.15, -0.1) is 0 Å². The predicted molar refractivity (Wildman–Crippen MR) is 61.5 cm³/mol. The number of rotatable bonds is 3. The van der Waals surface area contributed by atoms with Crippen molar-refractivity contribution in [1.29, 1.82) is 0 Å². The Balaban J connectivity index is 1.70. The molecule has 0 saturated heterocycles. The topological polar surface area (TPSA) is 29.1 Å². The lowest BCUT2D eigenvalue weighted by molar-refractivity contribution is -0.125. The molecule has 2 aliphatic rings. The molecule has 15 heavy (non-hydrogen) atoms. The molecule has 2 fully saturated rings. The number of carbonyl (C=O) groups is 1. The van der Waals surface area contributed by atoms with E-state index in [-0.39, 0.29) is 11.8 Å². The Morgan fingerprint density at radius 1 is 1.00 bits per heavy atom. The summed E-state index contributed by atoms with van der Waals surface area (Å²) in [5, 5.41) is 3.16. The maximum Gasteiger partial charge on any atom is 0.222 e. The Bertz CT molecular complexity index is 225. The molecule has 2 heteroatoms. The minimum Gasteiger partial charge on any atom is -0.353 e. The Morgan fingerprint density at radius 3 is 1.87 bits per heavy atom. The van der Waals surface area contributed by atoms with E-state index < -0.39 is 0 Å². The molecule has 0 heterocycles. The number of hydrogen-bond donors (Lipinski definition) is 1. The first kappa shape index (κ1) is 11.0. The number of amides is 1. The Labute approximate surface area is 92.8 Å². The molecule has 1 N–H and O–H groups in total. The van der Waals surface area contributed by atoms with E-state index in [1.807, 2.05) is 13.8 Å². The summed E-state index contributed by atoms with van der Waals surface area (Å²) in [4.78, 5) is 11.5. The molecule has 0 aromatic carbocycles. The highest BCUT2D eigenvalue weighted by atomic mass is 16.1. The fraction of sp³-hybridized carbons (Fsp3) is 0.923. The van der Waals surface area contributed by atoms with Crippen molar-refractivity contribution in [3.8, 4) is 0 Å². The summed E-state index contributed by atoms with van der Waals surface area (Å²) in [5.41, 5.74) is 0. The summed E-state index contributed by atoms with van der Waals surface area (Å²) in [5.74, 6) is 2.39. The number of nitrogens with one attached hydrogen (secondary N) is 1. The maximum absolute atomic E-state index is 11.5. The van der Waals surface area contributed by atoms with Gasteiger partial charge < -0.3 is 5.32 Å². The minimum atomic E-state index is 0.131. The third-order valence-corrected chi connectivity index (χ3v) is 3.93. The van der Waals surface area contributed by atoms with Gasteiger partial charge in [0, 0.05) is 12.0 Å². The van der Waals surface area contributed by atoms with Crippen molar-refractivity contribution >= 4 is 5.91 Å². The van der Waals surface area contributed by atoms with Crippen LogP contribution in [0.1, 0.15) is 52.4 Å². The van der Waals surface area contributed by atoms with Crippen molar-refractivity contribution in [3.63, 3.8) is 0 Å². The van der Waals surface area contributed by atoms with Crippen LogP contribution in [0.15, 0.2) is 0 Å². The summed E-state index contributed by atoms with van der Waals surface area (Å²) in [7, 11) is 0. The van der Waals surface area contributed by atoms with Gasteiger partial charge >= 0.3 is 0 Å². The summed E-state index contributed by atoms with van der Waals surface area (Å²) in [6.07, 6.45) is 8.03. The first-order valence-corrected chi connectivity index (χ1v) is 6.47. The molecule has 0 radical (unpaired) electrons. The lowest BCUT2D eigenvalue weighted by atomic mass is 9.83. The van der Waals surface area contributed by atoms with Crippen LogP contribution in [-0.2, 0) is 4.79 Å². The summed E-state index contributed by atoms with van der Waals surface area (Å²) in [6.45, 7) is 3.93. The molecule has 0 bridgehead atoms. The van der Waals surface area contributed by atoms with Crippen LogP contribution in [0.3, 0.4) is 0 Å². The molecule has 0 aliphatic heterocycles. The fourth-order valence-electron chi connectivity index (χ4n) is 2.67. The number of hydrogen-bond acceptors (Lipinski definition) is 1. The molecule has 0 atom stereocenters. The van der Waals surface area contributed by atoms with Gasteiger partial charge in [0.15, 0.2) is 0 Å². The molecule has 0 aromatic heterocycles. The van der Waals surface area contributed by atoms with E-state index in [1.165, 1.54) is 38.5 Å². The van der Waals surface area contributed by atoms with Crippen LogP contribution in [0, 0.1) is 17.8 Å². The van der Waals surface area contributed by atoms with Gasteiger partial charge in [0.1, 0.15) is 0 Å². The molecule has 0 spiro atoms. The second-order valence-corrected chi connectivity index (χ2v) is 5.61. The average Bonchev–Trinajstić information content (AvgIpc) is 3.02. The Morgan fingerprint density at radius 2 is 1.47 bits per heavy atom. The molecule has 86 valence electrons. The smallest absolute Gasteiger partial charge is 0.222 e. The van der Waals surface area contributed by atoms with Crippen LogP contribution in [0.2, 0.25) is 0 Å². The van der Waals surface area contributed by atoms with Gasteiger partial charge in [0.05, 0.1) is 0 Å². The van der Waals surface area contributed by atoms with Crippen LogP contribution < -0.4 is 5.32 Å². The van der Waals surface area contributed by atoms with E-state index in [2.05, 4.69) is 5.32 Å². The minimum absolute atomic E-state index is 0.131. The standard InChI is InChI=1S/C13H23NO/c1-9(2)13(15)14-12-7-5-11(6-8-12)10-3-4-10/h9-12H,3-8H2,1-2H3,(H,14,15). The summed E-state index contributed by atoms with van der Waals surface area (Å²) >= 11 is 0. The van der Waals surface area contributed by atoms with Gasteiger partial charge in [0.25, 0.3) is 0 Å². The van der Waals surface area contributed by atoms with Gasteiger partial charge in [-0.25, -0.2) is 0 Å². The average molecular weight is 209 g/mol. The first-order valence-electron chi connectivity index (χ1n) is 6.47. The fourth-order valence-corrected chi connectivity index (χ4v) is 2.67. The molecule has 1 amide bonds. The lowest BCUT2D eigenvalue weighted by Gasteiger charge is -2.29. The second-order valence-electron chi connectivity index (χ2n) is 5.61. The highest BCUT2D eigenvalue weighted by Gasteiger charge is 2.34. The van der Waals surface area contributed by atoms with Crippen molar-refractivity contribution in [2.45, 2.75) is 58.4 Å². The SMILES string of the molecule is CC(C)C(=O)NC1CCC(C2CC2)CC1. The zero-order valence-electron chi connectivity index (χ0n) is 9.96. The van der Waals surface area contributed by atoms with Crippen molar-refractivity contribution in [1.82, 2.24) is 5.32 Å². The molecular formula is C13H23NO. The Kier molecular flexibility index (Phi) is 3.32. The molecular weight excluding hydrogens is 186 g/mol. The van der Waals surface area contributed by atoms with Crippen molar-refractivity contribution in [2.75, 3.05) is 0 Å². The number of carbonyl (C=O) groups excluding carboxylic acids is 1. The van der Waals surface area contributed by atoms with Crippen LogP contribution in [0.4, 0.5) is 0 Å².